The van der Waals surface area contributed by atoms with E-state index >= 15 is 0 Å². The third kappa shape index (κ3) is 4.56. The molecule has 1 spiro atoms. The molecule has 6 nitrogen and oxygen atoms in total. The van der Waals surface area contributed by atoms with Crippen molar-refractivity contribution in [1.29, 1.82) is 0 Å². The van der Waals surface area contributed by atoms with E-state index in [1.54, 1.807) is 0 Å². The summed E-state index contributed by atoms with van der Waals surface area (Å²) in [5.74, 6) is 1.64. The molecule has 0 aromatic heterocycles. The first-order valence-corrected chi connectivity index (χ1v) is 10.7. The summed E-state index contributed by atoms with van der Waals surface area (Å²) in [4.78, 5) is 4.81. The first kappa shape index (κ1) is 21.6. The van der Waals surface area contributed by atoms with Crippen molar-refractivity contribution in [1.82, 2.24) is 10.6 Å². The Balaban J connectivity index is 0.00000210. The zero-order valence-corrected chi connectivity index (χ0v) is 18.9. The van der Waals surface area contributed by atoms with Gasteiger partial charge in [0.1, 0.15) is 0 Å². The second-order valence-corrected chi connectivity index (χ2v) is 8.28. The lowest BCUT2D eigenvalue weighted by Crippen LogP contribution is -2.69. The molecule has 7 heteroatoms. The summed E-state index contributed by atoms with van der Waals surface area (Å²) in [7, 11) is 0. The zero-order chi connectivity index (χ0) is 17.8. The maximum Gasteiger partial charge on any atom is 0.191 e. The molecule has 0 radical (unpaired) electrons. The quantitative estimate of drug-likeness (QED) is 0.247. The van der Waals surface area contributed by atoms with Gasteiger partial charge in [-0.05, 0) is 39.0 Å². The van der Waals surface area contributed by atoms with E-state index in [1.165, 1.54) is 32.1 Å². The number of aliphatic imine (C=N–C) groups is 1. The number of rotatable bonds is 7. The van der Waals surface area contributed by atoms with Crippen LogP contribution in [0.25, 0.3) is 0 Å². The second-order valence-electron chi connectivity index (χ2n) is 8.28. The molecule has 0 amide bonds. The first-order valence-electron chi connectivity index (χ1n) is 10.7. The van der Waals surface area contributed by atoms with Crippen molar-refractivity contribution in [2.45, 2.75) is 70.1 Å². The Morgan fingerprint density at radius 2 is 2.07 bits per heavy atom. The van der Waals surface area contributed by atoms with Crippen LogP contribution < -0.4 is 10.6 Å². The van der Waals surface area contributed by atoms with Gasteiger partial charge in [0, 0.05) is 50.3 Å². The van der Waals surface area contributed by atoms with Gasteiger partial charge in [-0.1, -0.05) is 12.8 Å². The van der Waals surface area contributed by atoms with Gasteiger partial charge >= 0.3 is 0 Å². The molecule has 156 valence electrons. The molecule has 4 aliphatic rings. The van der Waals surface area contributed by atoms with Crippen LogP contribution in [0.3, 0.4) is 0 Å². The molecule has 2 saturated heterocycles. The maximum absolute atomic E-state index is 6.10. The highest BCUT2D eigenvalue weighted by atomic mass is 127. The summed E-state index contributed by atoms with van der Waals surface area (Å²) in [6.07, 6.45) is 9.28. The monoisotopic (exact) mass is 493 g/mol. The normalized spacial score (nSPS) is 34.2. The molecular formula is C20H36IN3O3. The summed E-state index contributed by atoms with van der Waals surface area (Å²) >= 11 is 0. The standard InChI is InChI=1S/C20H35N3O3.HI/c1-2-21-19(22-10-5-11-25-15-6-12-24-14-15)23-17-16-7-13-26-18(16)20(17)8-3-4-9-20;/h15-18H,2-14H2,1H3,(H2,21,22,23);1H. The number of halogens is 1. The average molecular weight is 493 g/mol. The van der Waals surface area contributed by atoms with Crippen molar-refractivity contribution in [2.24, 2.45) is 16.3 Å². The molecule has 2 aliphatic heterocycles. The predicted octanol–water partition coefficient (Wildman–Crippen LogP) is 2.70. The van der Waals surface area contributed by atoms with Crippen LogP contribution in [-0.2, 0) is 14.2 Å². The number of fused-ring (bicyclic) bond motifs is 2. The highest BCUT2D eigenvalue weighted by Crippen LogP contribution is 2.60. The highest BCUT2D eigenvalue weighted by molar-refractivity contribution is 14.0. The Kier molecular flexibility index (Phi) is 8.05. The van der Waals surface area contributed by atoms with Gasteiger partial charge in [-0.15, -0.1) is 24.0 Å². The van der Waals surface area contributed by atoms with Crippen molar-refractivity contribution in [3.8, 4) is 0 Å². The lowest BCUT2D eigenvalue weighted by Gasteiger charge is -2.57. The number of hydrogen-bond acceptors (Lipinski definition) is 4. The molecule has 27 heavy (non-hydrogen) atoms. The zero-order valence-electron chi connectivity index (χ0n) is 16.6. The lowest BCUT2D eigenvalue weighted by atomic mass is 9.54. The first-order chi connectivity index (χ1) is 12.8. The Hall–Kier alpha value is -0.120. The van der Waals surface area contributed by atoms with E-state index in [9.17, 15) is 0 Å². The minimum absolute atomic E-state index is 0. The van der Waals surface area contributed by atoms with E-state index in [4.69, 9.17) is 19.2 Å². The molecule has 2 aliphatic carbocycles. The summed E-state index contributed by atoms with van der Waals surface area (Å²) in [6, 6.07) is 0.530. The summed E-state index contributed by atoms with van der Waals surface area (Å²) in [6.45, 7) is 7.12. The van der Waals surface area contributed by atoms with E-state index in [0.29, 0.717) is 29.6 Å². The molecule has 2 saturated carbocycles. The molecule has 0 aromatic rings. The minimum atomic E-state index is 0. The summed E-state index contributed by atoms with van der Waals surface area (Å²) < 4.78 is 17.3. The molecule has 4 atom stereocenters. The highest BCUT2D eigenvalue weighted by Gasteiger charge is 2.65. The van der Waals surface area contributed by atoms with Crippen LogP contribution >= 0.6 is 24.0 Å². The Morgan fingerprint density at radius 3 is 2.81 bits per heavy atom. The van der Waals surface area contributed by atoms with Gasteiger partial charge in [-0.2, -0.15) is 0 Å². The largest absolute Gasteiger partial charge is 0.379 e. The number of hydrogen-bond donors (Lipinski definition) is 2. The van der Waals surface area contributed by atoms with E-state index in [0.717, 1.165) is 58.3 Å². The molecule has 4 unspecified atom stereocenters. The Morgan fingerprint density at radius 1 is 1.22 bits per heavy atom. The third-order valence-corrected chi connectivity index (χ3v) is 6.74. The molecule has 0 bridgehead atoms. The molecule has 2 heterocycles. The average Bonchev–Trinajstić information content (AvgIpc) is 3.39. The fourth-order valence-corrected chi connectivity index (χ4v) is 5.52. The third-order valence-electron chi connectivity index (χ3n) is 6.74. The topological polar surface area (TPSA) is 64.1 Å². The SMILES string of the molecule is CCNC(=NCCCOC1CCOC1)NC1C2CCOC2C12CCCC2.I. The Labute approximate surface area is 180 Å². The summed E-state index contributed by atoms with van der Waals surface area (Å²) in [5, 5.41) is 7.23. The fraction of sp³-hybridized carbons (Fsp3) is 0.950. The smallest absolute Gasteiger partial charge is 0.191 e. The number of nitrogens with zero attached hydrogens (tertiary/aromatic N) is 1. The second kappa shape index (κ2) is 10.1. The van der Waals surface area contributed by atoms with Gasteiger partial charge in [0.15, 0.2) is 5.96 Å². The molecular weight excluding hydrogens is 457 g/mol. The van der Waals surface area contributed by atoms with Crippen LogP contribution in [-0.4, -0.2) is 63.7 Å². The van der Waals surface area contributed by atoms with Crippen molar-refractivity contribution >= 4 is 29.9 Å². The van der Waals surface area contributed by atoms with Crippen molar-refractivity contribution < 1.29 is 14.2 Å². The van der Waals surface area contributed by atoms with E-state index < -0.39 is 0 Å². The van der Waals surface area contributed by atoms with E-state index in [-0.39, 0.29) is 24.0 Å². The lowest BCUT2D eigenvalue weighted by molar-refractivity contribution is -0.125. The van der Waals surface area contributed by atoms with E-state index in [1.807, 2.05) is 0 Å². The predicted molar refractivity (Wildman–Crippen MR) is 117 cm³/mol. The van der Waals surface area contributed by atoms with Gasteiger partial charge in [-0.3, -0.25) is 4.99 Å². The molecule has 4 fully saturated rings. The molecule has 2 N–H and O–H groups in total. The number of nitrogens with one attached hydrogen (secondary N) is 2. The van der Waals surface area contributed by atoms with Crippen LogP contribution in [0.5, 0.6) is 0 Å². The van der Waals surface area contributed by atoms with Gasteiger partial charge in [-0.25, -0.2) is 0 Å². The fourth-order valence-electron chi connectivity index (χ4n) is 5.52. The number of guanidine groups is 1. The number of ether oxygens (including phenoxy) is 3. The maximum atomic E-state index is 6.10. The van der Waals surface area contributed by atoms with Gasteiger partial charge in [0.25, 0.3) is 0 Å². The van der Waals surface area contributed by atoms with Gasteiger partial charge < -0.3 is 24.8 Å². The van der Waals surface area contributed by atoms with Crippen LogP contribution in [0.4, 0.5) is 0 Å². The van der Waals surface area contributed by atoms with Crippen molar-refractivity contribution in [3.05, 3.63) is 0 Å². The van der Waals surface area contributed by atoms with Crippen LogP contribution in [0.15, 0.2) is 4.99 Å². The van der Waals surface area contributed by atoms with Crippen LogP contribution in [0.2, 0.25) is 0 Å². The van der Waals surface area contributed by atoms with Gasteiger partial charge in [0.2, 0.25) is 0 Å². The van der Waals surface area contributed by atoms with Crippen molar-refractivity contribution in [3.63, 3.8) is 0 Å². The molecule has 0 aromatic carbocycles. The minimum Gasteiger partial charge on any atom is -0.379 e. The molecule has 4 rings (SSSR count). The van der Waals surface area contributed by atoms with E-state index in [2.05, 4.69) is 17.6 Å². The van der Waals surface area contributed by atoms with Crippen LogP contribution in [0, 0.1) is 11.3 Å². The van der Waals surface area contributed by atoms with Gasteiger partial charge in [0.05, 0.1) is 18.8 Å². The summed E-state index contributed by atoms with van der Waals surface area (Å²) in [5.41, 5.74) is 0.364. The Bertz CT molecular complexity index is 493. The van der Waals surface area contributed by atoms with Crippen molar-refractivity contribution in [2.75, 3.05) is 39.5 Å². The van der Waals surface area contributed by atoms with Crippen LogP contribution in [0.1, 0.15) is 51.9 Å².